The number of benzene rings is 2. The van der Waals surface area contributed by atoms with E-state index in [0.717, 1.165) is 42.2 Å². The standard InChI is InChI=1S/C36H42O8/c1-23(2)32(37)41-18-10-8-12-26-20-28-21-30(25-14-16-29(17-15-25)43-33(38)24(3)4)34(39)44-31(28)22-27(26)13-9-11-19-42-35(40)36(5,6)7/h14-17,20-22H,1,3,8-13,18-19H2,2,4-7H3. The average molecular weight is 603 g/mol. The van der Waals surface area contributed by atoms with Crippen LogP contribution in [0.4, 0.5) is 0 Å². The predicted octanol–water partition coefficient (Wildman–Crippen LogP) is 7.30. The van der Waals surface area contributed by atoms with Crippen LogP contribution in [0.15, 0.2) is 76.0 Å². The van der Waals surface area contributed by atoms with Gasteiger partial charge in [-0.25, -0.2) is 14.4 Å². The van der Waals surface area contributed by atoms with E-state index < -0.39 is 23.0 Å². The lowest BCUT2D eigenvalue weighted by molar-refractivity contribution is -0.153. The van der Waals surface area contributed by atoms with E-state index in [4.69, 9.17) is 18.6 Å². The number of hydrogen-bond acceptors (Lipinski definition) is 8. The molecule has 0 fully saturated rings. The molecule has 0 saturated carbocycles. The molecule has 3 aromatic rings. The number of carbonyl (C=O) groups is 3. The Morgan fingerprint density at radius 1 is 0.773 bits per heavy atom. The van der Waals surface area contributed by atoms with Crippen LogP contribution >= 0.6 is 0 Å². The molecule has 1 heterocycles. The summed E-state index contributed by atoms with van der Waals surface area (Å²) < 4.78 is 21.7. The first-order valence-corrected chi connectivity index (χ1v) is 14.8. The van der Waals surface area contributed by atoms with Crippen LogP contribution in [0, 0.1) is 5.41 Å². The van der Waals surface area contributed by atoms with E-state index in [-0.39, 0.29) is 11.5 Å². The van der Waals surface area contributed by atoms with Crippen LogP contribution in [0.2, 0.25) is 0 Å². The van der Waals surface area contributed by atoms with Gasteiger partial charge < -0.3 is 18.6 Å². The van der Waals surface area contributed by atoms with Gasteiger partial charge in [-0.05, 0) is 120 Å². The normalized spacial score (nSPS) is 11.2. The maximum atomic E-state index is 13.0. The molecular formula is C36H42O8. The summed E-state index contributed by atoms with van der Waals surface area (Å²) in [5.41, 5.74) is 3.31. The van der Waals surface area contributed by atoms with Crippen molar-refractivity contribution in [1.29, 1.82) is 0 Å². The summed E-state index contributed by atoms with van der Waals surface area (Å²) in [6.07, 6.45) is 4.44. The first-order valence-electron chi connectivity index (χ1n) is 14.8. The van der Waals surface area contributed by atoms with Crippen molar-refractivity contribution in [2.75, 3.05) is 13.2 Å². The van der Waals surface area contributed by atoms with E-state index in [0.29, 0.717) is 54.1 Å². The van der Waals surface area contributed by atoms with Gasteiger partial charge in [0.1, 0.15) is 11.3 Å². The van der Waals surface area contributed by atoms with Gasteiger partial charge in [0.25, 0.3) is 0 Å². The minimum absolute atomic E-state index is 0.226. The van der Waals surface area contributed by atoms with Crippen LogP contribution in [0.1, 0.15) is 71.4 Å². The molecule has 0 aliphatic heterocycles. The van der Waals surface area contributed by atoms with Crippen LogP contribution < -0.4 is 10.4 Å². The number of carbonyl (C=O) groups excluding carboxylic acids is 3. The van der Waals surface area contributed by atoms with Crippen molar-refractivity contribution in [1.82, 2.24) is 0 Å². The van der Waals surface area contributed by atoms with Crippen molar-refractivity contribution >= 4 is 28.9 Å². The van der Waals surface area contributed by atoms with Crippen LogP contribution in [0.25, 0.3) is 22.1 Å². The smallest absolute Gasteiger partial charge is 0.344 e. The van der Waals surface area contributed by atoms with Crippen LogP contribution in [0.5, 0.6) is 5.75 Å². The lowest BCUT2D eigenvalue weighted by Crippen LogP contribution is -2.23. The molecule has 0 saturated heterocycles. The van der Waals surface area contributed by atoms with E-state index in [1.807, 2.05) is 39.0 Å². The number of hydrogen-bond donors (Lipinski definition) is 0. The number of aryl methyl sites for hydroxylation is 2. The van der Waals surface area contributed by atoms with Gasteiger partial charge in [0, 0.05) is 16.5 Å². The topological polar surface area (TPSA) is 109 Å². The molecule has 3 rings (SSSR count). The summed E-state index contributed by atoms with van der Waals surface area (Å²) in [6.45, 7) is 16.5. The maximum Gasteiger partial charge on any atom is 0.344 e. The zero-order valence-electron chi connectivity index (χ0n) is 26.4. The molecule has 8 nitrogen and oxygen atoms in total. The van der Waals surface area contributed by atoms with Crippen molar-refractivity contribution in [3.8, 4) is 16.9 Å². The number of esters is 3. The highest BCUT2D eigenvalue weighted by Crippen LogP contribution is 2.27. The van der Waals surface area contributed by atoms with Gasteiger partial charge in [-0.15, -0.1) is 0 Å². The van der Waals surface area contributed by atoms with Gasteiger partial charge in [0.15, 0.2) is 0 Å². The van der Waals surface area contributed by atoms with Crippen LogP contribution in [-0.4, -0.2) is 31.1 Å². The zero-order chi connectivity index (χ0) is 32.4. The van der Waals surface area contributed by atoms with Gasteiger partial charge >= 0.3 is 23.5 Å². The average Bonchev–Trinajstić information content (AvgIpc) is 2.96. The molecule has 1 aromatic heterocycles. The van der Waals surface area contributed by atoms with E-state index in [1.165, 1.54) is 0 Å². The fraction of sp³-hybridized carbons (Fsp3) is 0.389. The van der Waals surface area contributed by atoms with E-state index in [9.17, 15) is 19.2 Å². The van der Waals surface area contributed by atoms with E-state index in [1.54, 1.807) is 38.1 Å². The third-order valence-electron chi connectivity index (χ3n) is 6.89. The summed E-state index contributed by atoms with van der Waals surface area (Å²) in [5, 5.41) is 0.781. The molecule has 0 unspecified atom stereocenters. The molecule has 2 aromatic carbocycles. The van der Waals surface area contributed by atoms with Crippen molar-refractivity contribution in [2.45, 2.75) is 73.1 Å². The SMILES string of the molecule is C=C(C)C(=O)OCCCCc1cc2cc(-c3ccc(OC(=O)C(=C)C)cc3)c(=O)oc2cc1CCCCOC(=O)C(C)(C)C. The van der Waals surface area contributed by atoms with Crippen molar-refractivity contribution < 1.29 is 33.0 Å². The van der Waals surface area contributed by atoms with Crippen LogP contribution in [-0.2, 0) is 36.7 Å². The molecule has 8 heteroatoms. The fourth-order valence-electron chi connectivity index (χ4n) is 4.32. The van der Waals surface area contributed by atoms with E-state index >= 15 is 0 Å². The Labute approximate surface area is 258 Å². The lowest BCUT2D eigenvalue weighted by Gasteiger charge is -2.16. The lowest BCUT2D eigenvalue weighted by atomic mass is 9.95. The molecule has 0 amide bonds. The summed E-state index contributed by atoms with van der Waals surface area (Å²) >= 11 is 0. The molecule has 0 bridgehead atoms. The van der Waals surface area contributed by atoms with Crippen LogP contribution in [0.3, 0.4) is 0 Å². The Morgan fingerprint density at radius 2 is 1.34 bits per heavy atom. The van der Waals surface area contributed by atoms with Crippen molar-refractivity contribution in [3.63, 3.8) is 0 Å². The Balaban J connectivity index is 1.80. The Kier molecular flexibility index (Phi) is 11.9. The highest BCUT2D eigenvalue weighted by atomic mass is 16.5. The Bertz CT molecular complexity index is 1590. The Morgan fingerprint density at radius 3 is 1.91 bits per heavy atom. The quantitative estimate of drug-likeness (QED) is 0.0622. The third-order valence-corrected chi connectivity index (χ3v) is 6.89. The first kappa shape index (κ1) is 34.0. The van der Waals surface area contributed by atoms with Gasteiger partial charge in [0.05, 0.1) is 24.2 Å². The Hall–Kier alpha value is -4.46. The molecule has 0 spiro atoms. The number of rotatable bonds is 14. The second-order valence-electron chi connectivity index (χ2n) is 12.0. The molecular weight excluding hydrogens is 560 g/mol. The highest BCUT2D eigenvalue weighted by Gasteiger charge is 2.22. The van der Waals surface area contributed by atoms with Gasteiger partial charge in [-0.2, -0.15) is 0 Å². The molecule has 0 aliphatic carbocycles. The molecule has 0 radical (unpaired) electrons. The monoisotopic (exact) mass is 602 g/mol. The molecule has 0 N–H and O–H groups in total. The zero-order valence-corrected chi connectivity index (χ0v) is 26.4. The van der Waals surface area contributed by atoms with E-state index in [2.05, 4.69) is 13.2 Å². The summed E-state index contributed by atoms with van der Waals surface area (Å²) in [7, 11) is 0. The summed E-state index contributed by atoms with van der Waals surface area (Å²) in [4.78, 5) is 48.6. The first-order chi connectivity index (χ1) is 20.8. The van der Waals surface area contributed by atoms with Gasteiger partial charge in [-0.1, -0.05) is 25.3 Å². The maximum absolute atomic E-state index is 13.0. The molecule has 234 valence electrons. The van der Waals surface area contributed by atoms with Gasteiger partial charge in [0.2, 0.25) is 0 Å². The number of ether oxygens (including phenoxy) is 3. The largest absolute Gasteiger partial charge is 0.465 e. The summed E-state index contributed by atoms with van der Waals surface area (Å²) in [6, 6.07) is 12.4. The van der Waals surface area contributed by atoms with Crippen molar-refractivity contribution in [2.24, 2.45) is 5.41 Å². The second kappa shape index (κ2) is 15.3. The molecule has 0 aliphatic rings. The predicted molar refractivity (Wildman–Crippen MR) is 170 cm³/mol. The highest BCUT2D eigenvalue weighted by molar-refractivity contribution is 5.89. The second-order valence-corrected chi connectivity index (χ2v) is 12.0. The summed E-state index contributed by atoms with van der Waals surface area (Å²) in [5.74, 6) is -0.795. The number of unbranched alkanes of at least 4 members (excludes halogenated alkanes) is 2. The fourth-order valence-corrected chi connectivity index (χ4v) is 4.32. The molecule has 0 atom stereocenters. The molecule has 44 heavy (non-hydrogen) atoms. The third kappa shape index (κ3) is 9.79. The minimum Gasteiger partial charge on any atom is -0.465 e. The van der Waals surface area contributed by atoms with Crippen molar-refractivity contribution in [3.05, 3.63) is 88.3 Å². The van der Waals surface area contributed by atoms with Gasteiger partial charge in [-0.3, -0.25) is 4.79 Å². The number of fused-ring (bicyclic) bond motifs is 1. The minimum atomic E-state index is -0.542.